The summed E-state index contributed by atoms with van der Waals surface area (Å²) < 4.78 is 5.13. The van der Waals surface area contributed by atoms with Gasteiger partial charge in [-0.2, -0.15) is 0 Å². The highest BCUT2D eigenvalue weighted by molar-refractivity contribution is 8.00. The summed E-state index contributed by atoms with van der Waals surface area (Å²) in [5.41, 5.74) is 1.39. The fraction of sp³-hybridized carbons (Fsp3) is 0.235. The van der Waals surface area contributed by atoms with Gasteiger partial charge in [-0.05, 0) is 25.5 Å². The molecule has 2 heterocycles. The molecule has 0 radical (unpaired) electrons. The molecule has 8 nitrogen and oxygen atoms in total. The lowest BCUT2D eigenvalue weighted by molar-refractivity contribution is -0.384. The third-order valence-corrected chi connectivity index (χ3v) is 6.05. The highest BCUT2D eigenvalue weighted by Gasteiger charge is 2.16. The molecular weight excluding hydrogens is 388 g/mol. The van der Waals surface area contributed by atoms with Gasteiger partial charge in [0.2, 0.25) is 5.91 Å². The lowest BCUT2D eigenvalue weighted by atomic mass is 10.2. The van der Waals surface area contributed by atoms with Gasteiger partial charge in [0.25, 0.3) is 5.69 Å². The van der Waals surface area contributed by atoms with Crippen LogP contribution in [0.1, 0.15) is 10.4 Å². The smallest absolute Gasteiger partial charge is 0.273 e. The van der Waals surface area contributed by atoms with Gasteiger partial charge in [-0.3, -0.25) is 14.9 Å². The number of aryl methyl sites for hydroxylation is 2. The minimum Gasteiger partial charge on any atom is -0.494 e. The maximum atomic E-state index is 12.3. The number of nitro groups is 1. The number of nitro benzene ring substituents is 1. The van der Waals surface area contributed by atoms with Crippen molar-refractivity contribution in [1.29, 1.82) is 0 Å². The molecule has 0 unspecified atom stereocenters. The molecule has 1 N–H and O–H groups in total. The van der Waals surface area contributed by atoms with E-state index in [2.05, 4.69) is 15.3 Å². The molecule has 3 aromatic rings. The number of hydrogen-bond donors (Lipinski definition) is 1. The minimum atomic E-state index is -0.518. The molecular formula is C17H16N4O4S2. The summed E-state index contributed by atoms with van der Waals surface area (Å²) in [6, 6.07) is 4.04. The van der Waals surface area contributed by atoms with Crippen LogP contribution in [0, 0.1) is 24.0 Å². The normalized spacial score (nSPS) is 10.8. The van der Waals surface area contributed by atoms with E-state index in [1.807, 2.05) is 13.8 Å². The van der Waals surface area contributed by atoms with Gasteiger partial charge >= 0.3 is 0 Å². The molecule has 0 saturated heterocycles. The first-order valence-corrected chi connectivity index (χ1v) is 9.66. The summed E-state index contributed by atoms with van der Waals surface area (Å²) in [6.45, 7) is 4.05. The first-order chi connectivity index (χ1) is 12.9. The molecule has 0 bridgehead atoms. The number of non-ortho nitro benzene ring substituents is 1. The molecule has 0 fully saturated rings. The predicted molar refractivity (Wildman–Crippen MR) is 106 cm³/mol. The highest BCUT2D eigenvalue weighted by atomic mass is 32.2. The second-order valence-electron chi connectivity index (χ2n) is 5.62. The van der Waals surface area contributed by atoms with Crippen molar-refractivity contribution in [3.05, 3.63) is 45.1 Å². The van der Waals surface area contributed by atoms with Crippen LogP contribution in [-0.2, 0) is 4.79 Å². The molecule has 0 aliphatic heterocycles. The Bertz CT molecular complexity index is 1040. The van der Waals surface area contributed by atoms with E-state index in [0.717, 1.165) is 20.8 Å². The lowest BCUT2D eigenvalue weighted by Crippen LogP contribution is -2.15. The monoisotopic (exact) mass is 404 g/mol. The second-order valence-corrected chi connectivity index (χ2v) is 7.79. The maximum absolute atomic E-state index is 12.3. The van der Waals surface area contributed by atoms with Crippen molar-refractivity contribution >= 4 is 50.6 Å². The number of methoxy groups -OCH3 is 1. The Balaban J connectivity index is 1.73. The van der Waals surface area contributed by atoms with Gasteiger partial charge in [0.1, 0.15) is 21.9 Å². The van der Waals surface area contributed by atoms with Gasteiger partial charge in [-0.25, -0.2) is 9.97 Å². The number of aromatic nitrogens is 2. The van der Waals surface area contributed by atoms with E-state index in [1.165, 1.54) is 48.3 Å². The summed E-state index contributed by atoms with van der Waals surface area (Å²) >= 11 is 2.92. The number of ether oxygens (including phenoxy) is 1. The number of thiophene rings is 1. The van der Waals surface area contributed by atoms with Crippen molar-refractivity contribution in [3.63, 3.8) is 0 Å². The van der Waals surface area contributed by atoms with Crippen molar-refractivity contribution in [2.24, 2.45) is 0 Å². The van der Waals surface area contributed by atoms with Crippen LogP contribution in [0.15, 0.2) is 29.6 Å². The van der Waals surface area contributed by atoms with Crippen molar-refractivity contribution in [2.75, 3.05) is 18.2 Å². The molecule has 2 aromatic heterocycles. The molecule has 0 spiro atoms. The number of fused-ring (bicyclic) bond motifs is 1. The predicted octanol–water partition coefficient (Wildman–Crippen LogP) is 3.96. The zero-order valence-corrected chi connectivity index (χ0v) is 16.4. The molecule has 0 aliphatic rings. The van der Waals surface area contributed by atoms with E-state index < -0.39 is 4.92 Å². The summed E-state index contributed by atoms with van der Waals surface area (Å²) in [6.07, 6.45) is 1.50. The standard InChI is InChI=1S/C17H16N4O4S2/c1-9-10(2)27-17-15(9)16(18-8-19-17)26-7-14(22)20-12-5-4-11(21(23)24)6-13(12)25-3/h4-6,8H,7H2,1-3H3,(H,20,22). The summed E-state index contributed by atoms with van der Waals surface area (Å²) in [5, 5.41) is 15.3. The molecule has 1 aromatic carbocycles. The SMILES string of the molecule is COc1cc([N+](=O)[O-])ccc1NC(=O)CSc1ncnc2sc(C)c(C)c12. The highest BCUT2D eigenvalue weighted by Crippen LogP contribution is 2.34. The molecule has 3 rings (SSSR count). The third kappa shape index (κ3) is 4.01. The number of anilines is 1. The van der Waals surface area contributed by atoms with Gasteiger partial charge in [0, 0.05) is 16.3 Å². The van der Waals surface area contributed by atoms with E-state index in [0.29, 0.717) is 5.69 Å². The average Bonchev–Trinajstić information content (AvgIpc) is 2.94. The summed E-state index contributed by atoms with van der Waals surface area (Å²) in [7, 11) is 1.39. The third-order valence-electron chi connectivity index (χ3n) is 3.94. The van der Waals surface area contributed by atoms with E-state index in [4.69, 9.17) is 4.74 Å². The van der Waals surface area contributed by atoms with Crippen LogP contribution in [0.5, 0.6) is 5.75 Å². The minimum absolute atomic E-state index is 0.106. The number of amides is 1. The Hall–Kier alpha value is -2.72. The van der Waals surface area contributed by atoms with E-state index >= 15 is 0 Å². The van der Waals surface area contributed by atoms with Crippen molar-refractivity contribution in [2.45, 2.75) is 18.9 Å². The average molecular weight is 404 g/mol. The molecule has 10 heteroatoms. The zero-order valence-electron chi connectivity index (χ0n) is 14.8. The topological polar surface area (TPSA) is 107 Å². The molecule has 27 heavy (non-hydrogen) atoms. The van der Waals surface area contributed by atoms with E-state index in [1.54, 1.807) is 11.3 Å². The first kappa shape index (κ1) is 19.1. The fourth-order valence-electron chi connectivity index (χ4n) is 2.48. The van der Waals surface area contributed by atoms with Gasteiger partial charge < -0.3 is 10.1 Å². The number of benzene rings is 1. The Labute approximate surface area is 163 Å². The molecule has 0 atom stereocenters. The number of carbonyl (C=O) groups excluding carboxylic acids is 1. The quantitative estimate of drug-likeness (QED) is 0.287. The zero-order chi connectivity index (χ0) is 19.6. The van der Waals surface area contributed by atoms with Crippen LogP contribution in [0.25, 0.3) is 10.2 Å². The Kier molecular flexibility index (Phi) is 5.57. The number of hydrogen-bond acceptors (Lipinski definition) is 8. The van der Waals surface area contributed by atoms with Crippen LogP contribution in [0.4, 0.5) is 11.4 Å². The van der Waals surface area contributed by atoms with E-state index in [9.17, 15) is 14.9 Å². The van der Waals surface area contributed by atoms with Crippen LogP contribution in [0.2, 0.25) is 0 Å². The summed E-state index contributed by atoms with van der Waals surface area (Å²) in [4.78, 5) is 33.3. The number of nitrogens with zero attached hydrogens (tertiary/aromatic N) is 3. The Morgan fingerprint density at radius 2 is 2.15 bits per heavy atom. The Morgan fingerprint density at radius 3 is 2.85 bits per heavy atom. The summed E-state index contributed by atoms with van der Waals surface area (Å²) in [5.74, 6) is 0.112. The number of nitrogens with one attached hydrogen (secondary N) is 1. The van der Waals surface area contributed by atoms with Crippen molar-refractivity contribution in [1.82, 2.24) is 9.97 Å². The van der Waals surface area contributed by atoms with Crippen LogP contribution < -0.4 is 10.1 Å². The lowest BCUT2D eigenvalue weighted by Gasteiger charge is -2.10. The number of rotatable bonds is 6. The number of carbonyl (C=O) groups is 1. The van der Waals surface area contributed by atoms with Gasteiger partial charge in [0.15, 0.2) is 0 Å². The van der Waals surface area contributed by atoms with Gasteiger partial charge in [-0.1, -0.05) is 11.8 Å². The van der Waals surface area contributed by atoms with Gasteiger partial charge in [-0.15, -0.1) is 11.3 Å². The van der Waals surface area contributed by atoms with Crippen LogP contribution >= 0.6 is 23.1 Å². The molecule has 0 saturated carbocycles. The van der Waals surface area contributed by atoms with Crippen LogP contribution in [-0.4, -0.2) is 33.7 Å². The molecule has 0 aliphatic carbocycles. The van der Waals surface area contributed by atoms with Crippen molar-refractivity contribution in [3.8, 4) is 5.75 Å². The number of thioether (sulfide) groups is 1. The second kappa shape index (κ2) is 7.89. The van der Waals surface area contributed by atoms with Crippen LogP contribution in [0.3, 0.4) is 0 Å². The van der Waals surface area contributed by atoms with E-state index in [-0.39, 0.29) is 23.1 Å². The first-order valence-electron chi connectivity index (χ1n) is 7.86. The maximum Gasteiger partial charge on any atom is 0.273 e. The fourth-order valence-corrected chi connectivity index (χ4v) is 4.39. The van der Waals surface area contributed by atoms with Gasteiger partial charge in [0.05, 0.1) is 29.5 Å². The van der Waals surface area contributed by atoms with Crippen molar-refractivity contribution < 1.29 is 14.5 Å². The molecule has 1 amide bonds. The Morgan fingerprint density at radius 1 is 1.37 bits per heavy atom. The molecule has 140 valence electrons. The largest absolute Gasteiger partial charge is 0.494 e.